The molecule has 0 spiro atoms. The van der Waals surface area contributed by atoms with Crippen LogP contribution in [0, 0.1) is 0 Å². The van der Waals surface area contributed by atoms with Gasteiger partial charge in [-0.15, -0.1) is 0 Å². The maximum atomic E-state index is 11.9. The highest BCUT2D eigenvalue weighted by molar-refractivity contribution is 7.89. The SMILES string of the molecule is CN(C)C(=O)CNC(=NCc1ccc(S(N)(=O)=O)cc1)NCCOc1ccccc1. The summed E-state index contributed by atoms with van der Waals surface area (Å²) in [5, 5.41) is 11.2. The van der Waals surface area contributed by atoms with Crippen LogP contribution in [0.2, 0.25) is 0 Å². The lowest BCUT2D eigenvalue weighted by Gasteiger charge is -2.15. The zero-order chi connectivity index (χ0) is 22.0. The number of ether oxygens (including phenoxy) is 1. The molecule has 30 heavy (non-hydrogen) atoms. The number of benzene rings is 2. The third kappa shape index (κ3) is 8.10. The monoisotopic (exact) mass is 433 g/mol. The molecule has 4 N–H and O–H groups in total. The van der Waals surface area contributed by atoms with Crippen LogP contribution in [0.5, 0.6) is 5.75 Å². The fraction of sp³-hybridized carbons (Fsp3) is 0.300. The summed E-state index contributed by atoms with van der Waals surface area (Å²) in [6.07, 6.45) is 0. The van der Waals surface area contributed by atoms with Crippen LogP contribution < -0.4 is 20.5 Å². The van der Waals surface area contributed by atoms with Gasteiger partial charge in [0.25, 0.3) is 0 Å². The van der Waals surface area contributed by atoms with Gasteiger partial charge in [-0.3, -0.25) is 4.79 Å². The first kappa shape index (κ1) is 23.2. The van der Waals surface area contributed by atoms with Gasteiger partial charge < -0.3 is 20.3 Å². The molecule has 0 aliphatic carbocycles. The van der Waals surface area contributed by atoms with Crippen LogP contribution in [-0.4, -0.2) is 59.0 Å². The molecular weight excluding hydrogens is 406 g/mol. The van der Waals surface area contributed by atoms with Gasteiger partial charge in [0.2, 0.25) is 15.9 Å². The van der Waals surface area contributed by atoms with Crippen LogP contribution in [0.1, 0.15) is 5.56 Å². The number of para-hydroxylation sites is 1. The number of hydrogen-bond acceptors (Lipinski definition) is 5. The second-order valence-corrected chi connectivity index (χ2v) is 8.15. The van der Waals surface area contributed by atoms with E-state index in [1.807, 2.05) is 30.3 Å². The molecule has 0 aliphatic heterocycles. The molecule has 0 unspecified atom stereocenters. The molecule has 10 heteroatoms. The molecule has 1 amide bonds. The average molecular weight is 434 g/mol. The highest BCUT2D eigenvalue weighted by Crippen LogP contribution is 2.09. The molecule has 0 saturated carbocycles. The van der Waals surface area contributed by atoms with E-state index in [9.17, 15) is 13.2 Å². The van der Waals surface area contributed by atoms with Crippen molar-refractivity contribution in [3.8, 4) is 5.75 Å². The molecule has 0 fully saturated rings. The summed E-state index contributed by atoms with van der Waals surface area (Å²) in [4.78, 5) is 17.8. The highest BCUT2D eigenvalue weighted by Gasteiger charge is 2.08. The van der Waals surface area contributed by atoms with Crippen molar-refractivity contribution in [2.75, 3.05) is 33.8 Å². The van der Waals surface area contributed by atoms with Gasteiger partial charge in [0.05, 0.1) is 24.5 Å². The van der Waals surface area contributed by atoms with Crippen LogP contribution in [0.25, 0.3) is 0 Å². The predicted octanol–water partition coefficient (Wildman–Crippen LogP) is 0.536. The number of amides is 1. The van der Waals surface area contributed by atoms with Crippen LogP contribution in [0.15, 0.2) is 64.5 Å². The van der Waals surface area contributed by atoms with E-state index in [4.69, 9.17) is 9.88 Å². The van der Waals surface area contributed by atoms with Crippen molar-refractivity contribution in [2.24, 2.45) is 10.1 Å². The zero-order valence-corrected chi connectivity index (χ0v) is 17.9. The molecule has 0 aliphatic rings. The fourth-order valence-electron chi connectivity index (χ4n) is 2.30. The van der Waals surface area contributed by atoms with Gasteiger partial charge in [-0.25, -0.2) is 18.5 Å². The lowest BCUT2D eigenvalue weighted by Crippen LogP contribution is -2.44. The van der Waals surface area contributed by atoms with E-state index in [0.717, 1.165) is 11.3 Å². The molecule has 0 aromatic heterocycles. The third-order valence-corrected chi connectivity index (χ3v) is 4.91. The number of aliphatic imine (C=N–C) groups is 1. The largest absolute Gasteiger partial charge is 0.492 e. The maximum absolute atomic E-state index is 11.9. The predicted molar refractivity (Wildman–Crippen MR) is 116 cm³/mol. The van der Waals surface area contributed by atoms with E-state index in [2.05, 4.69) is 15.6 Å². The molecular formula is C20H27N5O4S. The Kier molecular flexibility index (Phi) is 8.63. The summed E-state index contributed by atoms with van der Waals surface area (Å²) in [5.41, 5.74) is 0.794. The van der Waals surface area contributed by atoms with Crippen LogP contribution in [-0.2, 0) is 21.4 Å². The van der Waals surface area contributed by atoms with Crippen molar-refractivity contribution in [1.82, 2.24) is 15.5 Å². The van der Waals surface area contributed by atoms with Gasteiger partial charge in [-0.2, -0.15) is 0 Å². The summed E-state index contributed by atoms with van der Waals surface area (Å²) in [6.45, 7) is 1.26. The molecule has 0 atom stereocenters. The first-order chi connectivity index (χ1) is 14.3. The molecule has 0 bridgehead atoms. The molecule has 162 valence electrons. The van der Waals surface area contributed by atoms with Gasteiger partial charge in [0.1, 0.15) is 12.4 Å². The number of nitrogens with one attached hydrogen (secondary N) is 2. The summed E-state index contributed by atoms with van der Waals surface area (Å²) >= 11 is 0. The second kappa shape index (κ2) is 11.2. The first-order valence-electron chi connectivity index (χ1n) is 9.27. The van der Waals surface area contributed by atoms with Gasteiger partial charge in [-0.05, 0) is 29.8 Å². The smallest absolute Gasteiger partial charge is 0.241 e. The Balaban J connectivity index is 1.95. The second-order valence-electron chi connectivity index (χ2n) is 6.58. The lowest BCUT2D eigenvalue weighted by molar-refractivity contribution is -0.127. The first-order valence-corrected chi connectivity index (χ1v) is 10.8. The number of likely N-dealkylation sites (N-methyl/N-ethyl adjacent to an activating group) is 1. The minimum atomic E-state index is -3.73. The van der Waals surface area contributed by atoms with E-state index < -0.39 is 10.0 Å². The van der Waals surface area contributed by atoms with Crippen LogP contribution in [0.3, 0.4) is 0 Å². The summed E-state index contributed by atoms with van der Waals surface area (Å²) < 4.78 is 28.3. The fourth-order valence-corrected chi connectivity index (χ4v) is 2.82. The highest BCUT2D eigenvalue weighted by atomic mass is 32.2. The minimum absolute atomic E-state index is 0.0429. The van der Waals surface area contributed by atoms with Gasteiger partial charge in [0.15, 0.2) is 5.96 Å². The Labute approximate surface area is 177 Å². The number of carbonyl (C=O) groups is 1. The molecule has 2 aromatic rings. The summed E-state index contributed by atoms with van der Waals surface area (Å²) in [6, 6.07) is 15.6. The normalized spacial score (nSPS) is 11.6. The Morgan fingerprint density at radius 1 is 1.07 bits per heavy atom. The number of guanidine groups is 1. The molecule has 0 radical (unpaired) electrons. The van der Waals surface area contributed by atoms with Crippen molar-refractivity contribution in [1.29, 1.82) is 0 Å². The average Bonchev–Trinajstić information content (AvgIpc) is 2.72. The maximum Gasteiger partial charge on any atom is 0.241 e. The van der Waals surface area contributed by atoms with E-state index in [1.54, 1.807) is 26.2 Å². The molecule has 0 saturated heterocycles. The Morgan fingerprint density at radius 2 is 1.73 bits per heavy atom. The Morgan fingerprint density at radius 3 is 2.33 bits per heavy atom. The van der Waals surface area contributed by atoms with Gasteiger partial charge in [-0.1, -0.05) is 30.3 Å². The van der Waals surface area contributed by atoms with E-state index >= 15 is 0 Å². The topological polar surface area (TPSA) is 126 Å². The summed E-state index contributed by atoms with van der Waals surface area (Å²) in [5.74, 6) is 1.11. The van der Waals surface area contributed by atoms with Crippen molar-refractivity contribution < 1.29 is 17.9 Å². The standard InChI is InChI=1S/C20H27N5O4S/c1-25(2)19(26)15-24-20(22-12-13-29-17-6-4-3-5-7-17)23-14-16-8-10-18(11-9-16)30(21,27)28/h3-11H,12-15H2,1-2H3,(H2,21,27,28)(H2,22,23,24). The summed E-state index contributed by atoms with van der Waals surface area (Å²) in [7, 11) is -0.380. The van der Waals surface area contributed by atoms with Crippen LogP contribution in [0.4, 0.5) is 0 Å². The van der Waals surface area contributed by atoms with Crippen LogP contribution >= 0.6 is 0 Å². The lowest BCUT2D eigenvalue weighted by atomic mass is 10.2. The van der Waals surface area contributed by atoms with Gasteiger partial charge in [0, 0.05) is 14.1 Å². The van der Waals surface area contributed by atoms with E-state index in [1.165, 1.54) is 17.0 Å². The quantitative estimate of drug-likeness (QED) is 0.301. The number of hydrogen-bond donors (Lipinski definition) is 3. The molecule has 9 nitrogen and oxygen atoms in total. The third-order valence-electron chi connectivity index (χ3n) is 3.98. The minimum Gasteiger partial charge on any atom is -0.492 e. The van der Waals surface area contributed by atoms with E-state index in [0.29, 0.717) is 19.1 Å². The Bertz CT molecular complexity index is 945. The van der Waals surface area contributed by atoms with E-state index in [-0.39, 0.29) is 23.9 Å². The molecule has 2 aromatic carbocycles. The number of nitrogens with zero attached hydrogens (tertiary/aromatic N) is 2. The zero-order valence-electron chi connectivity index (χ0n) is 17.0. The van der Waals surface area contributed by atoms with Gasteiger partial charge >= 0.3 is 0 Å². The number of primary sulfonamides is 1. The number of nitrogens with two attached hydrogens (primary N) is 1. The van der Waals surface area contributed by atoms with Crippen molar-refractivity contribution in [2.45, 2.75) is 11.4 Å². The molecule has 0 heterocycles. The number of sulfonamides is 1. The van der Waals surface area contributed by atoms with Crippen molar-refractivity contribution in [3.63, 3.8) is 0 Å². The van der Waals surface area contributed by atoms with Crippen molar-refractivity contribution in [3.05, 3.63) is 60.2 Å². The van der Waals surface area contributed by atoms with Crippen molar-refractivity contribution >= 4 is 21.9 Å². The Hall–Kier alpha value is -3.11. The number of rotatable bonds is 9. The molecule has 2 rings (SSSR count). The number of carbonyl (C=O) groups excluding carboxylic acids is 1.